The smallest absolute Gasteiger partial charge is 0.101 e. The van der Waals surface area contributed by atoms with Gasteiger partial charge in [-0.15, -0.1) is 0 Å². The SMILES string of the molecule is N#Cc1ccc(-c2cccc(-c3ccc4c5c(-c6ccccc6)c6cc7c8ccccc8c8cccc(c6c(-c6ccccc6)c5c5cccc3c45)c87)c2)cc1C#N. The number of hydrogen-bond donors (Lipinski definition) is 0. The monoisotopic (exact) mass is 730 g/mol. The van der Waals surface area contributed by atoms with Gasteiger partial charge in [-0.1, -0.05) is 158 Å². The van der Waals surface area contributed by atoms with Gasteiger partial charge in [-0.05, 0) is 144 Å². The van der Waals surface area contributed by atoms with E-state index in [0.29, 0.717) is 11.1 Å². The Morgan fingerprint density at radius 3 is 1.52 bits per heavy atom. The Labute approximate surface area is 334 Å². The molecule has 0 radical (unpaired) electrons. The summed E-state index contributed by atoms with van der Waals surface area (Å²) in [6, 6.07) is 70.0. The molecule has 0 aliphatic heterocycles. The van der Waals surface area contributed by atoms with Gasteiger partial charge in [-0.3, -0.25) is 0 Å². The molecule has 0 aliphatic rings. The summed E-state index contributed by atoms with van der Waals surface area (Å²) in [4.78, 5) is 0. The lowest BCUT2D eigenvalue weighted by Gasteiger charge is -2.19. The van der Waals surface area contributed by atoms with Gasteiger partial charge in [0.25, 0.3) is 0 Å². The van der Waals surface area contributed by atoms with Gasteiger partial charge in [0.2, 0.25) is 0 Å². The molecule has 0 saturated carbocycles. The third kappa shape index (κ3) is 4.40. The lowest BCUT2D eigenvalue weighted by Crippen LogP contribution is -1.91. The molecule has 0 heterocycles. The van der Waals surface area contributed by atoms with Crippen LogP contribution in [0.1, 0.15) is 11.1 Å². The van der Waals surface area contributed by atoms with Crippen molar-refractivity contribution in [3.8, 4) is 56.6 Å². The van der Waals surface area contributed by atoms with Crippen molar-refractivity contribution in [1.29, 1.82) is 10.5 Å². The Hall–Kier alpha value is -8.04. The number of rotatable bonds is 4. The van der Waals surface area contributed by atoms with Gasteiger partial charge in [0.15, 0.2) is 0 Å². The van der Waals surface area contributed by atoms with Gasteiger partial charge >= 0.3 is 0 Å². The molecule has 2 nitrogen and oxygen atoms in total. The molecule has 0 spiro atoms. The summed E-state index contributed by atoms with van der Waals surface area (Å²) in [7, 11) is 0. The van der Waals surface area contributed by atoms with E-state index in [2.05, 4.69) is 176 Å². The second-order valence-corrected chi connectivity index (χ2v) is 15.3. The number of hydrogen-bond acceptors (Lipinski definition) is 2. The highest BCUT2D eigenvalue weighted by molar-refractivity contribution is 6.45. The molecular weight excluding hydrogens is 701 g/mol. The first-order valence-electron chi connectivity index (χ1n) is 19.6. The van der Waals surface area contributed by atoms with Crippen LogP contribution in [0.2, 0.25) is 0 Å². The Morgan fingerprint density at radius 2 is 0.776 bits per heavy atom. The predicted molar refractivity (Wildman–Crippen MR) is 243 cm³/mol. The molecular formula is C56H30N2. The first-order chi connectivity index (χ1) is 28.7. The topological polar surface area (TPSA) is 47.6 Å². The lowest BCUT2D eigenvalue weighted by atomic mass is 9.84. The Balaban J connectivity index is 1.25. The van der Waals surface area contributed by atoms with Crippen molar-refractivity contribution in [2.24, 2.45) is 0 Å². The second-order valence-electron chi connectivity index (χ2n) is 15.3. The number of fused-ring (bicyclic) bond motifs is 8. The van der Waals surface area contributed by atoms with Crippen molar-refractivity contribution in [2.45, 2.75) is 0 Å². The first kappa shape index (κ1) is 32.2. The number of nitrogens with zero attached hydrogens (tertiary/aromatic N) is 2. The maximum Gasteiger partial charge on any atom is 0.101 e. The van der Waals surface area contributed by atoms with Crippen LogP contribution in [-0.2, 0) is 0 Å². The average molecular weight is 731 g/mol. The zero-order chi connectivity index (χ0) is 38.5. The minimum atomic E-state index is 0.385. The molecule has 0 saturated heterocycles. The van der Waals surface area contributed by atoms with Crippen LogP contribution in [0.4, 0.5) is 0 Å². The maximum absolute atomic E-state index is 9.77. The van der Waals surface area contributed by atoms with Crippen LogP contribution in [0.15, 0.2) is 182 Å². The standard InChI is InChI=1S/C56H30N2/c57-31-38-25-24-36(29-39(38)32-58)35-16-9-17-37(28-35)40-26-27-47-52-43(40)20-10-23-46(52)56-51(34-14-5-2-6-15-34)54-45-22-11-21-44-41-18-7-8-19-42(41)48(53(44)45)30-49(54)50(55(47)56)33-12-3-1-4-13-33/h1-30H. The van der Waals surface area contributed by atoms with Crippen molar-refractivity contribution in [3.63, 3.8) is 0 Å². The van der Waals surface area contributed by atoms with E-state index < -0.39 is 0 Å². The van der Waals surface area contributed by atoms with Gasteiger partial charge < -0.3 is 0 Å². The van der Waals surface area contributed by atoms with E-state index in [0.717, 1.165) is 22.3 Å². The van der Waals surface area contributed by atoms with E-state index in [9.17, 15) is 10.5 Å². The van der Waals surface area contributed by atoms with Gasteiger partial charge in [0.1, 0.15) is 12.1 Å². The molecule has 0 aliphatic carbocycles. The molecule has 12 aromatic rings. The summed E-state index contributed by atoms with van der Waals surface area (Å²) in [6.07, 6.45) is 0. The summed E-state index contributed by atoms with van der Waals surface area (Å²) in [5, 5.41) is 37.2. The van der Waals surface area contributed by atoms with E-state index in [1.165, 1.54) is 97.7 Å². The third-order valence-corrected chi connectivity index (χ3v) is 12.4. The molecule has 12 rings (SSSR count). The van der Waals surface area contributed by atoms with Gasteiger partial charge in [0, 0.05) is 0 Å². The summed E-state index contributed by atoms with van der Waals surface area (Å²) in [6.45, 7) is 0. The largest absolute Gasteiger partial charge is 0.192 e. The molecule has 0 amide bonds. The van der Waals surface area contributed by atoms with Crippen LogP contribution in [0.3, 0.4) is 0 Å². The molecule has 12 aromatic carbocycles. The highest BCUT2D eigenvalue weighted by Crippen LogP contribution is 2.55. The van der Waals surface area contributed by atoms with Crippen molar-refractivity contribution < 1.29 is 0 Å². The Bertz CT molecular complexity index is 3740. The molecule has 0 fully saturated rings. The van der Waals surface area contributed by atoms with Crippen molar-refractivity contribution >= 4 is 75.4 Å². The van der Waals surface area contributed by atoms with Crippen LogP contribution in [0, 0.1) is 22.7 Å². The van der Waals surface area contributed by atoms with Crippen molar-refractivity contribution in [2.75, 3.05) is 0 Å². The summed E-state index contributed by atoms with van der Waals surface area (Å²) >= 11 is 0. The Morgan fingerprint density at radius 1 is 0.259 bits per heavy atom. The average Bonchev–Trinajstić information content (AvgIpc) is 3.80. The molecule has 0 atom stereocenters. The maximum atomic E-state index is 9.77. The first-order valence-corrected chi connectivity index (χ1v) is 19.6. The van der Waals surface area contributed by atoms with Crippen molar-refractivity contribution in [1.82, 2.24) is 0 Å². The third-order valence-electron chi connectivity index (χ3n) is 12.4. The quantitative estimate of drug-likeness (QED) is 0.169. The van der Waals surface area contributed by atoms with E-state index in [-0.39, 0.29) is 0 Å². The van der Waals surface area contributed by atoms with E-state index in [1.807, 2.05) is 12.1 Å². The normalized spacial score (nSPS) is 11.8. The summed E-state index contributed by atoms with van der Waals surface area (Å²) in [5.74, 6) is 0. The highest BCUT2D eigenvalue weighted by Gasteiger charge is 2.27. The molecule has 264 valence electrons. The second kappa shape index (κ2) is 12.2. The number of benzene rings is 10. The van der Waals surface area contributed by atoms with Gasteiger partial charge in [-0.25, -0.2) is 0 Å². The van der Waals surface area contributed by atoms with Crippen LogP contribution in [0.5, 0.6) is 0 Å². The Kier molecular flexibility index (Phi) is 6.80. The van der Waals surface area contributed by atoms with Crippen LogP contribution in [-0.4, -0.2) is 0 Å². The summed E-state index contributed by atoms with van der Waals surface area (Å²) < 4.78 is 0. The zero-order valence-electron chi connectivity index (χ0n) is 31.2. The predicted octanol–water partition coefficient (Wildman–Crippen LogP) is 15.0. The van der Waals surface area contributed by atoms with Crippen LogP contribution >= 0.6 is 0 Å². The highest BCUT2D eigenvalue weighted by atomic mass is 14.3. The molecule has 0 aromatic heterocycles. The zero-order valence-corrected chi connectivity index (χ0v) is 31.2. The minimum absolute atomic E-state index is 0.385. The fourth-order valence-corrected chi connectivity index (χ4v) is 10.0. The number of nitriles is 2. The lowest BCUT2D eigenvalue weighted by molar-refractivity contribution is 1.43. The molecule has 2 heteroatoms. The van der Waals surface area contributed by atoms with Crippen LogP contribution < -0.4 is 0 Å². The van der Waals surface area contributed by atoms with Crippen molar-refractivity contribution in [3.05, 3.63) is 193 Å². The molecule has 0 N–H and O–H groups in total. The molecule has 0 bridgehead atoms. The van der Waals surface area contributed by atoms with E-state index in [1.54, 1.807) is 6.07 Å². The minimum Gasteiger partial charge on any atom is -0.192 e. The van der Waals surface area contributed by atoms with E-state index >= 15 is 0 Å². The van der Waals surface area contributed by atoms with E-state index in [4.69, 9.17) is 0 Å². The van der Waals surface area contributed by atoms with Gasteiger partial charge in [0.05, 0.1) is 11.1 Å². The summed E-state index contributed by atoms with van der Waals surface area (Å²) in [5.41, 5.74) is 9.87. The van der Waals surface area contributed by atoms with Crippen LogP contribution in [0.25, 0.3) is 120 Å². The molecule has 0 unspecified atom stereocenters. The van der Waals surface area contributed by atoms with Gasteiger partial charge in [-0.2, -0.15) is 10.5 Å². The fraction of sp³-hybridized carbons (Fsp3) is 0. The fourth-order valence-electron chi connectivity index (χ4n) is 10.0. The molecule has 58 heavy (non-hydrogen) atoms.